The predicted octanol–water partition coefficient (Wildman–Crippen LogP) is 6.75. The number of halogens is 1. The zero-order valence-corrected chi connectivity index (χ0v) is 21.1. The van der Waals surface area contributed by atoms with E-state index >= 15 is 0 Å². The molecule has 0 spiro atoms. The molecule has 4 rings (SSSR count). The number of unbranched alkanes of at least 4 members (excludes halogenated alkanes) is 2. The second-order valence-electron chi connectivity index (χ2n) is 8.73. The van der Waals surface area contributed by atoms with Crippen LogP contribution in [0.15, 0.2) is 68.8 Å². The van der Waals surface area contributed by atoms with Gasteiger partial charge in [0.25, 0.3) is 5.91 Å². The lowest BCUT2D eigenvalue weighted by atomic mass is 9.94. The quantitative estimate of drug-likeness (QED) is 0.247. The molecule has 178 valence electrons. The van der Waals surface area contributed by atoms with Gasteiger partial charge in [-0.3, -0.25) is 9.59 Å². The van der Waals surface area contributed by atoms with E-state index in [2.05, 4.69) is 22.9 Å². The number of ether oxygens (including phenoxy) is 1. The van der Waals surface area contributed by atoms with Gasteiger partial charge in [0.1, 0.15) is 11.3 Å². The number of amides is 1. The van der Waals surface area contributed by atoms with Crippen molar-refractivity contribution in [2.24, 2.45) is 0 Å². The van der Waals surface area contributed by atoms with Crippen molar-refractivity contribution in [3.63, 3.8) is 0 Å². The van der Waals surface area contributed by atoms with Gasteiger partial charge in [0.05, 0.1) is 17.7 Å². The van der Waals surface area contributed by atoms with Crippen LogP contribution in [-0.2, 0) is 4.79 Å². The molecular formula is C27H28BrNO5. The van der Waals surface area contributed by atoms with Gasteiger partial charge >= 0.3 is 0 Å². The van der Waals surface area contributed by atoms with Crippen LogP contribution in [0.4, 0.5) is 0 Å². The molecule has 1 atom stereocenters. The van der Waals surface area contributed by atoms with Gasteiger partial charge in [0, 0.05) is 16.4 Å². The molecule has 0 bridgehead atoms. The summed E-state index contributed by atoms with van der Waals surface area (Å²) in [7, 11) is 0. The highest BCUT2D eigenvalue weighted by Gasteiger charge is 2.44. The third-order valence-corrected chi connectivity index (χ3v) is 6.31. The molecule has 0 saturated heterocycles. The highest BCUT2D eigenvalue weighted by Crippen LogP contribution is 2.40. The third-order valence-electron chi connectivity index (χ3n) is 5.82. The fourth-order valence-electron chi connectivity index (χ4n) is 4.25. The first kappa shape index (κ1) is 24.1. The van der Waals surface area contributed by atoms with Crippen LogP contribution < -0.4 is 4.74 Å². The number of ketones is 1. The molecule has 0 aliphatic carbocycles. The van der Waals surface area contributed by atoms with Gasteiger partial charge in [0.15, 0.2) is 11.5 Å². The Morgan fingerprint density at radius 2 is 1.88 bits per heavy atom. The average molecular weight is 526 g/mol. The van der Waals surface area contributed by atoms with Gasteiger partial charge in [-0.1, -0.05) is 47.8 Å². The van der Waals surface area contributed by atoms with Gasteiger partial charge in [-0.15, -0.1) is 0 Å². The zero-order valence-electron chi connectivity index (χ0n) is 19.5. The highest BCUT2D eigenvalue weighted by atomic mass is 79.9. The van der Waals surface area contributed by atoms with E-state index in [9.17, 15) is 14.7 Å². The fraction of sp³-hybridized carbons (Fsp3) is 0.333. The summed E-state index contributed by atoms with van der Waals surface area (Å²) in [6.45, 7) is 6.42. The van der Waals surface area contributed by atoms with Gasteiger partial charge in [-0.2, -0.15) is 0 Å². The van der Waals surface area contributed by atoms with Crippen LogP contribution >= 0.6 is 15.9 Å². The number of nitrogens with zero attached hydrogens (tertiary/aromatic N) is 1. The minimum absolute atomic E-state index is 0.0265. The molecule has 1 aromatic heterocycles. The summed E-state index contributed by atoms with van der Waals surface area (Å²) in [5.74, 6) is -0.766. The third kappa shape index (κ3) is 4.75. The predicted molar refractivity (Wildman–Crippen MR) is 134 cm³/mol. The summed E-state index contributed by atoms with van der Waals surface area (Å²) in [5, 5.41) is 11.6. The molecule has 1 N–H and O–H groups in total. The summed E-state index contributed by atoms with van der Waals surface area (Å²) in [5.41, 5.74) is 1.33. The number of benzene rings is 2. The van der Waals surface area contributed by atoms with Crippen LogP contribution in [0.3, 0.4) is 0 Å². The highest BCUT2D eigenvalue weighted by molar-refractivity contribution is 9.10. The van der Waals surface area contributed by atoms with Crippen LogP contribution in [0.1, 0.15) is 62.2 Å². The van der Waals surface area contributed by atoms with E-state index in [0.717, 1.165) is 34.7 Å². The Morgan fingerprint density at radius 3 is 2.56 bits per heavy atom. The minimum Gasteiger partial charge on any atom is -0.503 e. The van der Waals surface area contributed by atoms with Gasteiger partial charge in [-0.05, 0) is 62.2 Å². The number of carbonyl (C=O) groups is 2. The number of hydrogen-bond donors (Lipinski definition) is 1. The lowest BCUT2D eigenvalue weighted by Gasteiger charge is -2.27. The van der Waals surface area contributed by atoms with Crippen LogP contribution in [0.25, 0.3) is 11.0 Å². The Hall–Kier alpha value is -3.06. The number of fused-ring (bicyclic) bond motifs is 1. The number of rotatable bonds is 9. The van der Waals surface area contributed by atoms with Crippen molar-refractivity contribution in [3.05, 3.63) is 75.7 Å². The Balaban J connectivity index is 1.73. The molecule has 1 amide bonds. The number of aliphatic hydroxyl groups is 1. The van der Waals surface area contributed by atoms with Crippen molar-refractivity contribution in [1.29, 1.82) is 0 Å². The molecule has 6 nitrogen and oxygen atoms in total. The molecule has 0 saturated carbocycles. The second-order valence-corrected chi connectivity index (χ2v) is 9.64. The van der Waals surface area contributed by atoms with Crippen molar-refractivity contribution in [2.45, 2.75) is 52.2 Å². The molecule has 3 aromatic rings. The number of carbonyl (C=O) groups excluding carboxylic acids is 2. The van der Waals surface area contributed by atoms with E-state index in [0.29, 0.717) is 17.9 Å². The van der Waals surface area contributed by atoms with Crippen molar-refractivity contribution >= 4 is 38.6 Å². The zero-order chi connectivity index (χ0) is 24.4. The van der Waals surface area contributed by atoms with E-state index in [4.69, 9.17) is 9.15 Å². The normalized spacial score (nSPS) is 16.2. The summed E-state index contributed by atoms with van der Waals surface area (Å²) < 4.78 is 12.4. The van der Waals surface area contributed by atoms with Gasteiger partial charge < -0.3 is 19.2 Å². The standard InChI is InChI=1S/C27H28BrNO5/c1-4-5-6-13-29-24(17-7-10-20(11-8-17)33-16(2)3)23(26(31)27(29)32)25(30)22-15-18-14-19(28)9-12-21(18)34-22/h7-12,14-16,24,31H,4-6,13H2,1-3H3. The lowest BCUT2D eigenvalue weighted by molar-refractivity contribution is -0.129. The topological polar surface area (TPSA) is 80.0 Å². The summed E-state index contributed by atoms with van der Waals surface area (Å²) in [6.07, 6.45) is 2.74. The SMILES string of the molecule is CCCCCN1C(=O)C(O)=C(C(=O)c2cc3cc(Br)ccc3o2)C1c1ccc(OC(C)C)cc1. The number of furan rings is 1. The Bertz CT molecular complexity index is 1240. The first-order chi connectivity index (χ1) is 16.3. The number of hydrogen-bond acceptors (Lipinski definition) is 5. The largest absolute Gasteiger partial charge is 0.503 e. The van der Waals surface area contributed by atoms with Gasteiger partial charge in [-0.25, -0.2) is 0 Å². The summed E-state index contributed by atoms with van der Waals surface area (Å²) >= 11 is 3.42. The van der Waals surface area contributed by atoms with Crippen LogP contribution in [0, 0.1) is 0 Å². The Morgan fingerprint density at radius 1 is 1.15 bits per heavy atom. The lowest BCUT2D eigenvalue weighted by Crippen LogP contribution is -2.32. The van der Waals surface area contributed by atoms with Gasteiger partial charge in [0.2, 0.25) is 5.78 Å². The van der Waals surface area contributed by atoms with E-state index in [1.807, 2.05) is 50.2 Å². The second kappa shape index (κ2) is 10.1. The summed E-state index contributed by atoms with van der Waals surface area (Å²) in [6, 6.07) is 13.7. The molecule has 2 aromatic carbocycles. The van der Waals surface area contributed by atoms with Crippen LogP contribution in [-0.4, -0.2) is 34.3 Å². The van der Waals surface area contributed by atoms with E-state index in [1.54, 1.807) is 17.0 Å². The van der Waals surface area contributed by atoms with Crippen LogP contribution in [0.5, 0.6) is 5.75 Å². The Labute approximate surface area is 207 Å². The van der Waals surface area contributed by atoms with Crippen molar-refractivity contribution in [3.8, 4) is 5.75 Å². The molecular weight excluding hydrogens is 498 g/mol. The average Bonchev–Trinajstić information content (AvgIpc) is 3.33. The fourth-order valence-corrected chi connectivity index (χ4v) is 4.63. The molecule has 2 heterocycles. The van der Waals surface area contributed by atoms with Crippen molar-refractivity contribution < 1.29 is 23.8 Å². The van der Waals surface area contributed by atoms with Crippen molar-refractivity contribution in [1.82, 2.24) is 4.90 Å². The van der Waals surface area contributed by atoms with Crippen molar-refractivity contribution in [2.75, 3.05) is 6.54 Å². The molecule has 0 radical (unpaired) electrons. The number of aliphatic hydroxyl groups excluding tert-OH is 1. The molecule has 7 heteroatoms. The number of Topliss-reactive ketones (excluding diaryl/α,β-unsaturated/α-hetero) is 1. The molecule has 1 unspecified atom stereocenters. The summed E-state index contributed by atoms with van der Waals surface area (Å²) in [4.78, 5) is 28.2. The molecule has 0 fully saturated rings. The maximum Gasteiger partial charge on any atom is 0.290 e. The molecule has 1 aliphatic rings. The molecule has 34 heavy (non-hydrogen) atoms. The smallest absolute Gasteiger partial charge is 0.290 e. The molecule has 1 aliphatic heterocycles. The van der Waals surface area contributed by atoms with E-state index in [1.165, 1.54) is 0 Å². The first-order valence-corrected chi connectivity index (χ1v) is 12.3. The van der Waals surface area contributed by atoms with Crippen LogP contribution in [0.2, 0.25) is 0 Å². The van der Waals surface area contributed by atoms with E-state index < -0.39 is 23.5 Å². The monoisotopic (exact) mass is 525 g/mol. The maximum absolute atomic E-state index is 13.6. The minimum atomic E-state index is -0.704. The maximum atomic E-state index is 13.6. The van der Waals surface area contributed by atoms with E-state index in [-0.39, 0.29) is 17.4 Å². The first-order valence-electron chi connectivity index (χ1n) is 11.5. The Kier molecular flexibility index (Phi) is 7.12.